The maximum absolute atomic E-state index is 5.91. The van der Waals surface area contributed by atoms with E-state index in [1.807, 2.05) is 11.8 Å². The summed E-state index contributed by atoms with van der Waals surface area (Å²) in [5, 5.41) is 3.68. The van der Waals surface area contributed by atoms with Crippen LogP contribution in [0.4, 0.5) is 0 Å². The van der Waals surface area contributed by atoms with Gasteiger partial charge >= 0.3 is 0 Å². The van der Waals surface area contributed by atoms with Gasteiger partial charge in [0, 0.05) is 17.5 Å². The number of hydrogen-bond donors (Lipinski definition) is 1. The van der Waals surface area contributed by atoms with Crippen LogP contribution < -0.4 is 5.32 Å². The molecule has 102 valence electrons. The third-order valence-electron chi connectivity index (χ3n) is 3.32. The van der Waals surface area contributed by atoms with Gasteiger partial charge in [-0.2, -0.15) is 11.8 Å². The molecule has 0 aliphatic carbocycles. The van der Waals surface area contributed by atoms with Crippen molar-refractivity contribution >= 4 is 11.8 Å². The maximum atomic E-state index is 5.91. The van der Waals surface area contributed by atoms with Crippen LogP contribution in [-0.2, 0) is 4.74 Å². The molecule has 0 radical (unpaired) electrons. The molecule has 2 nitrogen and oxygen atoms in total. The van der Waals surface area contributed by atoms with E-state index in [9.17, 15) is 0 Å². The van der Waals surface area contributed by atoms with Crippen molar-refractivity contribution in [3.8, 4) is 0 Å². The molecule has 0 saturated carbocycles. The normalized spacial score (nSPS) is 22.6. The van der Waals surface area contributed by atoms with Gasteiger partial charge in [-0.05, 0) is 19.4 Å². The van der Waals surface area contributed by atoms with Crippen molar-refractivity contribution in [1.29, 1.82) is 0 Å². The van der Waals surface area contributed by atoms with E-state index in [2.05, 4.69) is 19.2 Å². The van der Waals surface area contributed by atoms with E-state index in [1.54, 1.807) is 0 Å². The van der Waals surface area contributed by atoms with Crippen LogP contribution in [0, 0.1) is 0 Å². The molecule has 0 spiro atoms. The minimum atomic E-state index is 0.446. The van der Waals surface area contributed by atoms with Crippen molar-refractivity contribution in [1.82, 2.24) is 5.32 Å². The summed E-state index contributed by atoms with van der Waals surface area (Å²) < 4.78 is 5.91. The zero-order valence-corrected chi connectivity index (χ0v) is 12.4. The molecule has 1 heterocycles. The first-order valence-electron chi connectivity index (χ1n) is 7.31. The molecule has 2 atom stereocenters. The van der Waals surface area contributed by atoms with E-state index in [0.717, 1.165) is 13.2 Å². The smallest absolute Gasteiger partial charge is 0.0818 e. The van der Waals surface area contributed by atoms with E-state index in [-0.39, 0.29) is 0 Å². The minimum Gasteiger partial charge on any atom is -0.375 e. The highest BCUT2D eigenvalue weighted by molar-refractivity contribution is 7.99. The molecule has 0 aromatic heterocycles. The van der Waals surface area contributed by atoms with Gasteiger partial charge < -0.3 is 10.1 Å². The van der Waals surface area contributed by atoms with Gasteiger partial charge in [-0.1, -0.05) is 39.5 Å². The predicted molar refractivity (Wildman–Crippen MR) is 77.9 cm³/mol. The second-order valence-electron chi connectivity index (χ2n) is 4.89. The molecule has 1 aliphatic rings. The Bertz CT molecular complexity index is 172. The summed E-state index contributed by atoms with van der Waals surface area (Å²) in [5.41, 5.74) is 0. The van der Waals surface area contributed by atoms with Gasteiger partial charge in [-0.15, -0.1) is 0 Å². The summed E-state index contributed by atoms with van der Waals surface area (Å²) in [6, 6.07) is 0.583. The Morgan fingerprint density at radius 3 is 2.76 bits per heavy atom. The van der Waals surface area contributed by atoms with Crippen LogP contribution >= 0.6 is 11.8 Å². The van der Waals surface area contributed by atoms with Crippen molar-refractivity contribution in [2.45, 2.75) is 64.5 Å². The van der Waals surface area contributed by atoms with Crippen LogP contribution in [0.3, 0.4) is 0 Å². The number of thioether (sulfide) groups is 1. The fraction of sp³-hybridized carbons (Fsp3) is 1.00. The van der Waals surface area contributed by atoms with Crippen LogP contribution in [0.1, 0.15) is 52.4 Å². The molecule has 3 heteroatoms. The third-order valence-corrected chi connectivity index (χ3v) is 4.34. The number of ether oxygens (including phenoxy) is 1. The zero-order chi connectivity index (χ0) is 12.3. The quantitative estimate of drug-likeness (QED) is 0.641. The lowest BCUT2D eigenvalue weighted by Crippen LogP contribution is -2.45. The summed E-state index contributed by atoms with van der Waals surface area (Å²) >= 11 is 2.04. The van der Waals surface area contributed by atoms with Crippen LogP contribution in [0.15, 0.2) is 0 Å². The van der Waals surface area contributed by atoms with E-state index in [0.29, 0.717) is 12.1 Å². The number of nitrogens with one attached hydrogen (secondary N) is 1. The summed E-state index contributed by atoms with van der Waals surface area (Å²) in [7, 11) is 0. The Labute approximate surface area is 111 Å². The number of hydrogen-bond acceptors (Lipinski definition) is 3. The topological polar surface area (TPSA) is 21.3 Å². The van der Waals surface area contributed by atoms with E-state index in [4.69, 9.17) is 4.74 Å². The molecule has 1 fully saturated rings. The number of unbranched alkanes of at least 4 members (excludes halogenated alkanes) is 3. The second kappa shape index (κ2) is 10.2. The van der Waals surface area contributed by atoms with Gasteiger partial charge in [0.2, 0.25) is 0 Å². The molecular weight excluding hydrogens is 230 g/mol. The Morgan fingerprint density at radius 1 is 1.24 bits per heavy atom. The SMILES string of the molecule is CCCCCCC(NCCC)C1CSCCO1. The van der Waals surface area contributed by atoms with Gasteiger partial charge in [0.25, 0.3) is 0 Å². The molecule has 1 N–H and O–H groups in total. The zero-order valence-electron chi connectivity index (χ0n) is 11.5. The highest BCUT2D eigenvalue weighted by atomic mass is 32.2. The predicted octanol–water partition coefficient (Wildman–Crippen LogP) is 3.46. The average molecular weight is 259 g/mol. The lowest BCUT2D eigenvalue weighted by Gasteiger charge is -2.31. The Hall–Kier alpha value is 0.270. The molecule has 1 aliphatic heterocycles. The summed E-state index contributed by atoms with van der Waals surface area (Å²) in [4.78, 5) is 0. The molecule has 0 aromatic rings. The first-order valence-corrected chi connectivity index (χ1v) is 8.46. The molecule has 2 unspecified atom stereocenters. The fourth-order valence-corrected chi connectivity index (χ4v) is 3.22. The van der Waals surface area contributed by atoms with Gasteiger partial charge in [0.1, 0.15) is 0 Å². The lowest BCUT2D eigenvalue weighted by atomic mass is 10.0. The Balaban J connectivity index is 2.25. The van der Waals surface area contributed by atoms with Crippen molar-refractivity contribution in [2.75, 3.05) is 24.7 Å². The van der Waals surface area contributed by atoms with E-state index in [1.165, 1.54) is 50.0 Å². The van der Waals surface area contributed by atoms with Crippen LogP contribution in [0.5, 0.6) is 0 Å². The van der Waals surface area contributed by atoms with Gasteiger partial charge in [-0.25, -0.2) is 0 Å². The van der Waals surface area contributed by atoms with E-state index >= 15 is 0 Å². The second-order valence-corrected chi connectivity index (χ2v) is 6.04. The molecule has 1 rings (SSSR count). The first-order chi connectivity index (χ1) is 8.38. The molecule has 1 saturated heterocycles. The van der Waals surface area contributed by atoms with Crippen LogP contribution in [-0.4, -0.2) is 36.8 Å². The molecule has 0 amide bonds. The van der Waals surface area contributed by atoms with Crippen molar-refractivity contribution in [2.24, 2.45) is 0 Å². The van der Waals surface area contributed by atoms with Gasteiger partial charge in [0.05, 0.1) is 12.7 Å². The summed E-state index contributed by atoms with van der Waals surface area (Å²) in [6.45, 7) is 6.57. The number of rotatable bonds is 9. The molecular formula is C14H29NOS. The monoisotopic (exact) mass is 259 g/mol. The Morgan fingerprint density at radius 2 is 2.12 bits per heavy atom. The van der Waals surface area contributed by atoms with Crippen LogP contribution in [0.25, 0.3) is 0 Å². The highest BCUT2D eigenvalue weighted by Crippen LogP contribution is 2.19. The van der Waals surface area contributed by atoms with Gasteiger partial charge in [-0.3, -0.25) is 0 Å². The van der Waals surface area contributed by atoms with Crippen LogP contribution in [0.2, 0.25) is 0 Å². The molecule has 0 aromatic carbocycles. The van der Waals surface area contributed by atoms with Crippen molar-refractivity contribution < 1.29 is 4.74 Å². The minimum absolute atomic E-state index is 0.446. The average Bonchev–Trinajstić information content (AvgIpc) is 2.39. The summed E-state index contributed by atoms with van der Waals surface area (Å²) in [6.07, 6.45) is 8.36. The Kier molecular flexibility index (Phi) is 9.21. The lowest BCUT2D eigenvalue weighted by molar-refractivity contribution is 0.0441. The molecule has 0 bridgehead atoms. The molecule has 17 heavy (non-hydrogen) atoms. The van der Waals surface area contributed by atoms with Gasteiger partial charge in [0.15, 0.2) is 0 Å². The maximum Gasteiger partial charge on any atom is 0.0818 e. The fourth-order valence-electron chi connectivity index (χ4n) is 2.28. The standard InChI is InChI=1S/C14H29NOS/c1-3-5-6-7-8-13(15-9-4-2)14-12-17-11-10-16-14/h13-15H,3-12H2,1-2H3. The third kappa shape index (κ3) is 6.68. The van der Waals surface area contributed by atoms with E-state index < -0.39 is 0 Å². The van der Waals surface area contributed by atoms with Crippen molar-refractivity contribution in [3.05, 3.63) is 0 Å². The first kappa shape index (κ1) is 15.3. The summed E-state index contributed by atoms with van der Waals surface area (Å²) in [5.74, 6) is 2.35. The van der Waals surface area contributed by atoms with Crippen molar-refractivity contribution in [3.63, 3.8) is 0 Å². The highest BCUT2D eigenvalue weighted by Gasteiger charge is 2.23. The largest absolute Gasteiger partial charge is 0.375 e.